The molecular formula is C29H20Br2ClN3O5. The van der Waals surface area contributed by atoms with Gasteiger partial charge >= 0.3 is 5.97 Å². The molecule has 0 aliphatic carbocycles. The van der Waals surface area contributed by atoms with Crippen molar-refractivity contribution in [1.29, 1.82) is 0 Å². The summed E-state index contributed by atoms with van der Waals surface area (Å²) in [5.74, 6) is -0.258. The summed E-state index contributed by atoms with van der Waals surface area (Å²) in [4.78, 5) is 29.1. The summed E-state index contributed by atoms with van der Waals surface area (Å²) >= 11 is 13.4. The van der Waals surface area contributed by atoms with Crippen LogP contribution in [0.1, 0.15) is 33.5 Å². The molecule has 8 nitrogen and oxygen atoms in total. The Morgan fingerprint density at radius 2 is 1.93 bits per heavy atom. The van der Waals surface area contributed by atoms with Crippen molar-refractivity contribution in [1.82, 2.24) is 10.4 Å². The van der Waals surface area contributed by atoms with Gasteiger partial charge in [-0.3, -0.25) is 4.79 Å². The second-order valence-corrected chi connectivity index (χ2v) is 10.5. The number of halogens is 3. The van der Waals surface area contributed by atoms with Gasteiger partial charge in [-0.1, -0.05) is 45.7 Å². The van der Waals surface area contributed by atoms with Gasteiger partial charge < -0.3 is 18.9 Å². The molecule has 0 aliphatic rings. The fraction of sp³-hybridized carbons (Fsp3) is 0.0690. The van der Waals surface area contributed by atoms with Crippen molar-refractivity contribution in [3.63, 3.8) is 0 Å². The van der Waals surface area contributed by atoms with E-state index in [4.69, 9.17) is 25.5 Å². The van der Waals surface area contributed by atoms with E-state index in [2.05, 4.69) is 47.4 Å². The fourth-order valence-electron chi connectivity index (χ4n) is 4.08. The summed E-state index contributed by atoms with van der Waals surface area (Å²) in [6.07, 6.45) is 2.76. The van der Waals surface area contributed by atoms with Gasteiger partial charge in [-0.2, -0.15) is 5.10 Å². The number of hydrazone groups is 1. The molecule has 0 atom stereocenters. The van der Waals surface area contributed by atoms with Crippen molar-refractivity contribution in [2.75, 3.05) is 6.61 Å². The van der Waals surface area contributed by atoms with E-state index < -0.39 is 11.9 Å². The predicted octanol–water partition coefficient (Wildman–Crippen LogP) is 7.99. The number of hydrogen-bond acceptors (Lipinski definition) is 6. The Labute approximate surface area is 250 Å². The minimum atomic E-state index is -0.680. The number of amides is 1. The largest absolute Gasteiger partial charge is 0.494 e. The molecule has 0 saturated carbocycles. The Hall–Kier alpha value is -3.86. The molecule has 40 heavy (non-hydrogen) atoms. The molecular weight excluding hydrogens is 666 g/mol. The lowest BCUT2D eigenvalue weighted by molar-refractivity contribution is 0.0699. The van der Waals surface area contributed by atoms with Crippen LogP contribution in [0, 0.1) is 0 Å². The van der Waals surface area contributed by atoms with Crippen molar-refractivity contribution in [2.24, 2.45) is 5.10 Å². The summed E-state index contributed by atoms with van der Waals surface area (Å²) in [5.41, 5.74) is 5.29. The average Bonchev–Trinajstić information content (AvgIpc) is 3.60. The molecule has 11 heteroatoms. The zero-order valence-corrected chi connectivity index (χ0v) is 24.8. The molecule has 5 aromatic rings. The van der Waals surface area contributed by atoms with Crippen LogP contribution in [0.4, 0.5) is 0 Å². The maximum absolute atomic E-state index is 13.4. The highest BCUT2D eigenvalue weighted by molar-refractivity contribution is 9.11. The molecule has 1 amide bonds. The van der Waals surface area contributed by atoms with Crippen LogP contribution < -0.4 is 14.9 Å². The summed E-state index contributed by atoms with van der Waals surface area (Å²) in [6.45, 7) is 2.41. The monoisotopic (exact) mass is 683 g/mol. The molecule has 0 fully saturated rings. The van der Waals surface area contributed by atoms with Crippen LogP contribution in [0.2, 0.25) is 5.02 Å². The second-order valence-electron chi connectivity index (χ2n) is 8.37. The molecule has 3 aromatic carbocycles. The highest BCUT2D eigenvalue weighted by Gasteiger charge is 2.22. The summed E-state index contributed by atoms with van der Waals surface area (Å²) in [7, 11) is 0. The Kier molecular flexibility index (Phi) is 8.39. The van der Waals surface area contributed by atoms with Gasteiger partial charge in [-0.25, -0.2) is 10.2 Å². The van der Waals surface area contributed by atoms with E-state index in [1.54, 1.807) is 24.3 Å². The van der Waals surface area contributed by atoms with Crippen molar-refractivity contribution in [3.8, 4) is 22.6 Å². The van der Waals surface area contributed by atoms with Gasteiger partial charge in [-0.15, -0.1) is 0 Å². The third-order valence-corrected chi connectivity index (χ3v) is 7.15. The molecule has 0 spiro atoms. The molecule has 5 rings (SSSR count). The number of H-pyrrole nitrogens is 1. The van der Waals surface area contributed by atoms with Crippen LogP contribution >= 0.6 is 43.5 Å². The number of benzene rings is 3. The number of esters is 1. The van der Waals surface area contributed by atoms with Gasteiger partial charge in [0.2, 0.25) is 5.76 Å². The number of aromatic nitrogens is 1. The van der Waals surface area contributed by atoms with E-state index in [0.717, 1.165) is 10.9 Å². The number of nitrogens with one attached hydrogen (secondary N) is 2. The Morgan fingerprint density at radius 3 is 2.67 bits per heavy atom. The molecule has 2 N–H and O–H groups in total. The SMILES string of the molecule is CCOc1ccc2[nH]c(C(=O)NN=Cc3cc(Br)cc(Br)c3OC(=O)c3ccco3)c(-c3ccccc3Cl)c2c1. The Morgan fingerprint density at radius 1 is 1.10 bits per heavy atom. The van der Waals surface area contributed by atoms with E-state index in [1.807, 2.05) is 43.3 Å². The van der Waals surface area contributed by atoms with Gasteiger partial charge in [0.05, 0.1) is 23.6 Å². The number of rotatable bonds is 8. The molecule has 202 valence electrons. The van der Waals surface area contributed by atoms with Gasteiger partial charge in [0.15, 0.2) is 5.75 Å². The number of ether oxygens (including phenoxy) is 2. The zero-order chi connectivity index (χ0) is 28.2. The van der Waals surface area contributed by atoms with E-state index in [9.17, 15) is 9.59 Å². The standard InChI is InChI=1S/C29H20Br2ClN3O5/c1-2-38-18-9-10-23-20(14-18)25(19-6-3-4-7-22(19)32)26(34-23)28(36)35-33-15-16-12-17(30)13-21(31)27(16)40-29(37)24-8-5-11-39-24/h3-15,34H,2H2,1H3,(H,35,36). The number of nitrogens with zero attached hydrogens (tertiary/aromatic N) is 1. The van der Waals surface area contributed by atoms with Crippen LogP contribution in [0.25, 0.3) is 22.0 Å². The lowest BCUT2D eigenvalue weighted by atomic mass is 10.0. The number of aromatic amines is 1. The smallest absolute Gasteiger partial charge is 0.379 e. The van der Waals surface area contributed by atoms with Crippen LogP contribution in [0.5, 0.6) is 11.5 Å². The van der Waals surface area contributed by atoms with Crippen molar-refractivity contribution < 1.29 is 23.5 Å². The average molecular weight is 686 g/mol. The first-order chi connectivity index (χ1) is 19.4. The van der Waals surface area contributed by atoms with Gasteiger partial charge in [0.25, 0.3) is 5.91 Å². The third-order valence-electron chi connectivity index (χ3n) is 5.78. The minimum absolute atomic E-state index is 0.0458. The molecule has 0 unspecified atom stereocenters. The number of carbonyl (C=O) groups is 2. The Balaban J connectivity index is 1.48. The lowest BCUT2D eigenvalue weighted by Crippen LogP contribution is -2.19. The highest BCUT2D eigenvalue weighted by Crippen LogP contribution is 2.38. The van der Waals surface area contributed by atoms with E-state index in [0.29, 0.717) is 43.0 Å². The third kappa shape index (κ3) is 5.84. The van der Waals surface area contributed by atoms with Crippen LogP contribution in [-0.2, 0) is 0 Å². The molecule has 0 aliphatic heterocycles. The summed E-state index contributed by atoms with van der Waals surface area (Å²) < 4.78 is 17.5. The maximum atomic E-state index is 13.4. The van der Waals surface area contributed by atoms with Gasteiger partial charge in [0.1, 0.15) is 11.4 Å². The van der Waals surface area contributed by atoms with Gasteiger partial charge in [-0.05, 0) is 71.4 Å². The van der Waals surface area contributed by atoms with E-state index in [1.165, 1.54) is 18.5 Å². The van der Waals surface area contributed by atoms with Gasteiger partial charge in [0, 0.05) is 37.1 Å². The van der Waals surface area contributed by atoms with Crippen LogP contribution in [-0.4, -0.2) is 29.7 Å². The lowest BCUT2D eigenvalue weighted by Gasteiger charge is -2.10. The van der Waals surface area contributed by atoms with Crippen LogP contribution in [0.15, 0.2) is 91.5 Å². The first-order valence-electron chi connectivity index (χ1n) is 12.0. The van der Waals surface area contributed by atoms with Crippen LogP contribution in [0.3, 0.4) is 0 Å². The topological polar surface area (TPSA) is 106 Å². The number of fused-ring (bicyclic) bond motifs is 1. The second kappa shape index (κ2) is 12.1. The van der Waals surface area contributed by atoms with Crippen molar-refractivity contribution >= 4 is 72.5 Å². The molecule has 0 radical (unpaired) electrons. The van der Waals surface area contributed by atoms with Crippen molar-refractivity contribution in [2.45, 2.75) is 6.92 Å². The zero-order valence-electron chi connectivity index (χ0n) is 20.8. The first kappa shape index (κ1) is 27.7. The molecule has 2 heterocycles. The van der Waals surface area contributed by atoms with E-state index in [-0.39, 0.29) is 17.2 Å². The summed E-state index contributed by atoms with van der Waals surface area (Å²) in [5, 5.41) is 5.41. The Bertz CT molecular complexity index is 1750. The normalized spacial score (nSPS) is 11.2. The molecule has 2 aromatic heterocycles. The molecule has 0 bridgehead atoms. The highest BCUT2D eigenvalue weighted by atomic mass is 79.9. The number of carbonyl (C=O) groups excluding carboxylic acids is 2. The predicted molar refractivity (Wildman–Crippen MR) is 160 cm³/mol. The minimum Gasteiger partial charge on any atom is -0.494 e. The van der Waals surface area contributed by atoms with E-state index >= 15 is 0 Å². The maximum Gasteiger partial charge on any atom is 0.379 e. The molecule has 0 saturated heterocycles. The number of hydrogen-bond donors (Lipinski definition) is 2. The summed E-state index contributed by atoms with van der Waals surface area (Å²) in [6, 6.07) is 19.3. The fourth-order valence-corrected chi connectivity index (χ4v) is 5.65. The van der Waals surface area contributed by atoms with Crippen molar-refractivity contribution in [3.05, 3.63) is 104 Å². The quantitative estimate of drug-likeness (QED) is 0.0746. The number of furan rings is 1. The first-order valence-corrected chi connectivity index (χ1v) is 13.9.